The molecule has 0 bridgehead atoms. The molecule has 0 atom stereocenters. The first-order valence-electron chi connectivity index (χ1n) is 6.38. The summed E-state index contributed by atoms with van der Waals surface area (Å²) in [6.45, 7) is 1.08. The van der Waals surface area contributed by atoms with Crippen LogP contribution in [0.25, 0.3) is 0 Å². The van der Waals surface area contributed by atoms with Gasteiger partial charge in [-0.2, -0.15) is 0 Å². The van der Waals surface area contributed by atoms with Gasteiger partial charge >= 0.3 is 0 Å². The number of benzene rings is 1. The van der Waals surface area contributed by atoms with Crippen molar-refractivity contribution in [1.29, 1.82) is 0 Å². The first kappa shape index (κ1) is 16.9. The number of nitro groups is 1. The number of non-ortho nitro benzene ring substituents is 1. The fourth-order valence-corrected chi connectivity index (χ4v) is 1.64. The van der Waals surface area contributed by atoms with Gasteiger partial charge in [-0.05, 0) is 13.1 Å². The van der Waals surface area contributed by atoms with Crippen LogP contribution in [0.4, 0.5) is 5.69 Å². The van der Waals surface area contributed by atoms with Gasteiger partial charge in [0.05, 0.1) is 11.5 Å². The summed E-state index contributed by atoms with van der Waals surface area (Å²) in [4.78, 5) is 21.8. The molecule has 0 saturated carbocycles. The number of carbonyl (C=O) groups is 1. The highest BCUT2D eigenvalue weighted by Gasteiger charge is 2.12. The Kier molecular flexibility index (Phi) is 7.13. The van der Waals surface area contributed by atoms with Crippen molar-refractivity contribution in [1.82, 2.24) is 10.6 Å². The lowest BCUT2D eigenvalue weighted by Gasteiger charge is -2.11. The maximum Gasteiger partial charge on any atom is 0.270 e. The molecule has 1 rings (SSSR count). The summed E-state index contributed by atoms with van der Waals surface area (Å²) < 4.78 is 10.2. The zero-order valence-corrected chi connectivity index (χ0v) is 12.0. The Hall–Kier alpha value is -2.19. The molecule has 0 spiro atoms. The molecule has 0 aliphatic rings. The van der Waals surface area contributed by atoms with Crippen molar-refractivity contribution in [3.05, 3.63) is 33.9 Å². The molecule has 8 nitrogen and oxygen atoms in total. The van der Waals surface area contributed by atoms with Crippen molar-refractivity contribution in [2.24, 2.45) is 0 Å². The van der Waals surface area contributed by atoms with E-state index in [0.29, 0.717) is 31.0 Å². The highest BCUT2D eigenvalue weighted by molar-refractivity contribution is 5.77. The maximum absolute atomic E-state index is 11.5. The van der Waals surface area contributed by atoms with Gasteiger partial charge in [-0.25, -0.2) is 0 Å². The highest BCUT2D eigenvalue weighted by Crippen LogP contribution is 2.24. The average Bonchev–Trinajstić information content (AvgIpc) is 2.46. The lowest BCUT2D eigenvalue weighted by Crippen LogP contribution is -2.31. The van der Waals surface area contributed by atoms with Crippen LogP contribution in [-0.2, 0) is 16.1 Å². The number of nitrogens with zero attached hydrogens (tertiary/aromatic N) is 1. The van der Waals surface area contributed by atoms with Crippen LogP contribution in [0.1, 0.15) is 5.56 Å². The monoisotopic (exact) mass is 297 g/mol. The van der Waals surface area contributed by atoms with Crippen LogP contribution < -0.4 is 15.4 Å². The number of methoxy groups -OCH3 is 1. The molecule has 2 N–H and O–H groups in total. The third-order valence-electron chi connectivity index (χ3n) is 2.61. The normalized spacial score (nSPS) is 10.2. The molecule has 0 saturated heterocycles. The summed E-state index contributed by atoms with van der Waals surface area (Å²) in [5.41, 5.74) is 0.605. The first-order chi connectivity index (χ1) is 10.1. The average molecular weight is 297 g/mol. The molecular formula is C13H19N3O5. The second-order valence-electron chi connectivity index (χ2n) is 4.21. The largest absolute Gasteiger partial charge is 0.483 e. The first-order valence-corrected chi connectivity index (χ1v) is 6.38. The number of amides is 1. The summed E-state index contributed by atoms with van der Waals surface area (Å²) in [5.74, 6) is 0.164. The minimum Gasteiger partial charge on any atom is -0.483 e. The van der Waals surface area contributed by atoms with E-state index in [1.54, 1.807) is 14.2 Å². The lowest BCUT2D eigenvalue weighted by atomic mass is 10.2. The zero-order valence-electron chi connectivity index (χ0n) is 12.0. The van der Waals surface area contributed by atoms with E-state index in [4.69, 9.17) is 9.47 Å². The summed E-state index contributed by atoms with van der Waals surface area (Å²) >= 11 is 0. The van der Waals surface area contributed by atoms with Crippen LogP contribution >= 0.6 is 0 Å². The molecule has 116 valence electrons. The van der Waals surface area contributed by atoms with Crippen LogP contribution in [0.2, 0.25) is 0 Å². The van der Waals surface area contributed by atoms with Gasteiger partial charge in [0.1, 0.15) is 5.75 Å². The Balaban J connectivity index is 2.65. The van der Waals surface area contributed by atoms with Gasteiger partial charge in [-0.15, -0.1) is 0 Å². The van der Waals surface area contributed by atoms with Crippen LogP contribution in [0.5, 0.6) is 5.75 Å². The quantitative estimate of drug-likeness (QED) is 0.390. The topological polar surface area (TPSA) is 103 Å². The Labute approximate surface area is 122 Å². The van der Waals surface area contributed by atoms with Crippen molar-refractivity contribution in [3.63, 3.8) is 0 Å². The van der Waals surface area contributed by atoms with E-state index in [0.717, 1.165) is 0 Å². The van der Waals surface area contributed by atoms with Gasteiger partial charge in [0.25, 0.3) is 11.6 Å². The molecule has 0 aliphatic heterocycles. The minimum absolute atomic E-state index is 0.0165. The van der Waals surface area contributed by atoms with E-state index in [-0.39, 0.29) is 18.2 Å². The SMILES string of the molecule is CNCc1cc([N+](=O)[O-])ccc1OCC(=O)NCCOC. The van der Waals surface area contributed by atoms with Gasteiger partial charge in [0.2, 0.25) is 0 Å². The van der Waals surface area contributed by atoms with Gasteiger partial charge in [0, 0.05) is 37.9 Å². The number of carbonyl (C=O) groups excluding carboxylic acids is 1. The van der Waals surface area contributed by atoms with Gasteiger partial charge in [0.15, 0.2) is 6.61 Å². The van der Waals surface area contributed by atoms with Crippen molar-refractivity contribution in [3.8, 4) is 5.75 Å². The third-order valence-corrected chi connectivity index (χ3v) is 2.61. The highest BCUT2D eigenvalue weighted by atomic mass is 16.6. The van der Waals surface area contributed by atoms with Crippen LogP contribution in [0, 0.1) is 10.1 Å². The number of nitrogens with one attached hydrogen (secondary N) is 2. The maximum atomic E-state index is 11.5. The molecule has 21 heavy (non-hydrogen) atoms. The van der Waals surface area contributed by atoms with E-state index in [1.165, 1.54) is 18.2 Å². The Morgan fingerprint density at radius 3 is 2.81 bits per heavy atom. The molecule has 0 fully saturated rings. The second-order valence-corrected chi connectivity index (χ2v) is 4.21. The molecule has 1 aromatic rings. The van der Waals surface area contributed by atoms with E-state index in [2.05, 4.69) is 10.6 Å². The molecule has 0 aliphatic carbocycles. The Morgan fingerprint density at radius 1 is 1.43 bits per heavy atom. The van der Waals surface area contributed by atoms with E-state index >= 15 is 0 Å². The molecule has 0 radical (unpaired) electrons. The standard InChI is InChI=1S/C13H19N3O5/c1-14-8-10-7-11(16(18)19)3-4-12(10)21-9-13(17)15-5-6-20-2/h3-4,7,14H,5-6,8-9H2,1-2H3,(H,15,17). The smallest absolute Gasteiger partial charge is 0.270 e. The van der Waals surface area contributed by atoms with Crippen LogP contribution in [-0.4, -0.2) is 44.7 Å². The van der Waals surface area contributed by atoms with Crippen molar-refractivity contribution in [2.75, 3.05) is 33.9 Å². The Morgan fingerprint density at radius 2 is 2.19 bits per heavy atom. The number of hydrogen-bond acceptors (Lipinski definition) is 6. The second kappa shape index (κ2) is 8.88. The minimum atomic E-state index is -0.472. The van der Waals surface area contributed by atoms with Gasteiger partial charge < -0.3 is 20.1 Å². The summed E-state index contributed by atoms with van der Waals surface area (Å²) in [5, 5.41) is 16.3. The van der Waals surface area contributed by atoms with Gasteiger partial charge in [-0.3, -0.25) is 14.9 Å². The number of rotatable bonds is 9. The van der Waals surface area contributed by atoms with Crippen LogP contribution in [0.3, 0.4) is 0 Å². The summed E-state index contributed by atoms with van der Waals surface area (Å²) in [6.07, 6.45) is 0. The van der Waals surface area contributed by atoms with E-state index < -0.39 is 4.92 Å². The predicted octanol–water partition coefficient (Wildman–Crippen LogP) is 0.456. The van der Waals surface area contributed by atoms with E-state index in [9.17, 15) is 14.9 Å². The molecule has 1 amide bonds. The van der Waals surface area contributed by atoms with Crippen molar-refractivity contribution < 1.29 is 19.2 Å². The van der Waals surface area contributed by atoms with E-state index in [1.807, 2.05) is 0 Å². The molecular weight excluding hydrogens is 278 g/mol. The fraction of sp³-hybridized carbons (Fsp3) is 0.462. The van der Waals surface area contributed by atoms with Crippen LogP contribution in [0.15, 0.2) is 18.2 Å². The summed E-state index contributed by atoms with van der Waals surface area (Å²) in [7, 11) is 3.27. The number of hydrogen-bond donors (Lipinski definition) is 2. The molecule has 8 heteroatoms. The van der Waals surface area contributed by atoms with Crippen molar-refractivity contribution >= 4 is 11.6 Å². The fourth-order valence-electron chi connectivity index (χ4n) is 1.64. The molecule has 0 heterocycles. The zero-order chi connectivity index (χ0) is 15.7. The Bertz CT molecular complexity index is 493. The third kappa shape index (κ3) is 5.76. The van der Waals surface area contributed by atoms with Crippen molar-refractivity contribution in [2.45, 2.75) is 6.54 Å². The molecule has 0 aromatic heterocycles. The summed E-state index contributed by atoms with van der Waals surface area (Å²) in [6, 6.07) is 4.26. The number of ether oxygens (including phenoxy) is 2. The number of nitro benzene ring substituents is 1. The van der Waals surface area contributed by atoms with Gasteiger partial charge in [-0.1, -0.05) is 0 Å². The lowest BCUT2D eigenvalue weighted by molar-refractivity contribution is -0.384. The predicted molar refractivity (Wildman–Crippen MR) is 76.2 cm³/mol. The molecule has 0 unspecified atom stereocenters. The molecule has 1 aromatic carbocycles.